The van der Waals surface area contributed by atoms with Gasteiger partial charge in [-0.1, -0.05) is 6.07 Å². The van der Waals surface area contributed by atoms with E-state index in [0.717, 1.165) is 24.1 Å². The zero-order valence-electron chi connectivity index (χ0n) is 13.0. The SMILES string of the molecule is COc1ccc(C2CC(NC(=O)c3ccc(C)nn3)C2)cc1F. The second-order valence-electron chi connectivity index (χ2n) is 5.79. The number of carbonyl (C=O) groups excluding carboxylic acids is 1. The van der Waals surface area contributed by atoms with Crippen LogP contribution in [0.5, 0.6) is 5.75 Å². The molecular weight excluding hydrogens is 297 g/mol. The fourth-order valence-corrected chi connectivity index (χ4v) is 2.72. The number of amides is 1. The number of hydrogen-bond acceptors (Lipinski definition) is 4. The predicted molar refractivity (Wildman–Crippen MR) is 83.0 cm³/mol. The van der Waals surface area contributed by atoms with Crippen molar-refractivity contribution in [3.8, 4) is 5.75 Å². The van der Waals surface area contributed by atoms with Gasteiger partial charge in [-0.15, -0.1) is 5.10 Å². The fraction of sp³-hybridized carbons (Fsp3) is 0.353. The summed E-state index contributed by atoms with van der Waals surface area (Å²) in [5.41, 5.74) is 2.02. The lowest BCUT2D eigenvalue weighted by atomic mass is 9.76. The van der Waals surface area contributed by atoms with Crippen molar-refractivity contribution in [3.05, 3.63) is 53.1 Å². The van der Waals surface area contributed by atoms with Crippen molar-refractivity contribution in [1.82, 2.24) is 15.5 Å². The smallest absolute Gasteiger partial charge is 0.272 e. The van der Waals surface area contributed by atoms with E-state index in [1.807, 2.05) is 13.0 Å². The average molecular weight is 315 g/mol. The molecule has 3 rings (SSSR count). The number of nitrogens with one attached hydrogen (secondary N) is 1. The summed E-state index contributed by atoms with van der Waals surface area (Å²) in [6.45, 7) is 1.82. The van der Waals surface area contributed by atoms with Crippen LogP contribution in [0.15, 0.2) is 30.3 Å². The molecule has 1 amide bonds. The summed E-state index contributed by atoms with van der Waals surface area (Å²) in [5, 5.41) is 10.7. The Morgan fingerprint density at radius 1 is 1.26 bits per heavy atom. The van der Waals surface area contributed by atoms with Gasteiger partial charge in [0.2, 0.25) is 0 Å². The number of halogens is 1. The Balaban J connectivity index is 1.56. The second kappa shape index (κ2) is 6.32. The summed E-state index contributed by atoms with van der Waals surface area (Å²) in [5.74, 6) is -0.0741. The number of aromatic nitrogens is 2. The molecule has 0 atom stereocenters. The number of rotatable bonds is 4. The molecule has 0 unspecified atom stereocenters. The van der Waals surface area contributed by atoms with E-state index < -0.39 is 0 Å². The number of carbonyl (C=O) groups is 1. The van der Waals surface area contributed by atoms with Crippen LogP contribution in [0, 0.1) is 12.7 Å². The summed E-state index contributed by atoms with van der Waals surface area (Å²) in [4.78, 5) is 12.0. The van der Waals surface area contributed by atoms with E-state index in [0.29, 0.717) is 5.69 Å². The number of benzene rings is 1. The zero-order valence-corrected chi connectivity index (χ0v) is 13.0. The van der Waals surface area contributed by atoms with Gasteiger partial charge in [-0.25, -0.2) is 4.39 Å². The highest BCUT2D eigenvalue weighted by Gasteiger charge is 2.32. The second-order valence-corrected chi connectivity index (χ2v) is 5.79. The Morgan fingerprint density at radius 3 is 2.65 bits per heavy atom. The van der Waals surface area contributed by atoms with Crippen LogP contribution in [-0.4, -0.2) is 29.3 Å². The number of hydrogen-bond donors (Lipinski definition) is 1. The molecule has 0 spiro atoms. The third kappa shape index (κ3) is 3.31. The molecule has 1 saturated carbocycles. The molecular formula is C17H18FN3O2. The van der Waals surface area contributed by atoms with Gasteiger partial charge < -0.3 is 10.1 Å². The molecule has 5 nitrogen and oxygen atoms in total. The van der Waals surface area contributed by atoms with Gasteiger partial charge in [0, 0.05) is 6.04 Å². The summed E-state index contributed by atoms with van der Waals surface area (Å²) >= 11 is 0. The molecule has 6 heteroatoms. The molecule has 0 aliphatic heterocycles. The molecule has 1 aromatic heterocycles. The maximum absolute atomic E-state index is 13.7. The first-order valence-electron chi connectivity index (χ1n) is 7.51. The van der Waals surface area contributed by atoms with E-state index in [1.54, 1.807) is 18.2 Å². The standard InChI is InChI=1S/C17H18FN3O2/c1-10-3-5-15(21-20-10)17(22)19-13-7-12(8-13)11-4-6-16(23-2)14(18)9-11/h3-6,9,12-13H,7-8H2,1-2H3,(H,19,22). The minimum Gasteiger partial charge on any atom is -0.494 e. The molecule has 1 heterocycles. The lowest BCUT2D eigenvalue weighted by Crippen LogP contribution is -2.43. The van der Waals surface area contributed by atoms with Crippen molar-refractivity contribution >= 4 is 5.91 Å². The van der Waals surface area contributed by atoms with Crippen molar-refractivity contribution < 1.29 is 13.9 Å². The highest BCUT2D eigenvalue weighted by molar-refractivity contribution is 5.92. The summed E-state index contributed by atoms with van der Waals surface area (Å²) in [7, 11) is 1.45. The zero-order chi connectivity index (χ0) is 16.4. The number of nitrogens with zero attached hydrogens (tertiary/aromatic N) is 2. The van der Waals surface area contributed by atoms with Crippen LogP contribution >= 0.6 is 0 Å². The molecule has 1 aromatic carbocycles. The van der Waals surface area contributed by atoms with Gasteiger partial charge in [0.1, 0.15) is 0 Å². The molecule has 0 radical (unpaired) electrons. The van der Waals surface area contributed by atoms with Crippen LogP contribution in [-0.2, 0) is 0 Å². The minimum atomic E-state index is -0.354. The van der Waals surface area contributed by atoms with E-state index in [2.05, 4.69) is 15.5 Å². The van der Waals surface area contributed by atoms with E-state index in [4.69, 9.17) is 4.74 Å². The lowest BCUT2D eigenvalue weighted by molar-refractivity contribution is 0.0902. The van der Waals surface area contributed by atoms with Gasteiger partial charge in [-0.05, 0) is 55.5 Å². The lowest BCUT2D eigenvalue weighted by Gasteiger charge is -2.36. The third-order valence-corrected chi connectivity index (χ3v) is 4.15. The van der Waals surface area contributed by atoms with Gasteiger partial charge in [0.05, 0.1) is 12.8 Å². The molecule has 1 N–H and O–H groups in total. The van der Waals surface area contributed by atoms with E-state index in [9.17, 15) is 9.18 Å². The van der Waals surface area contributed by atoms with Crippen LogP contribution < -0.4 is 10.1 Å². The Kier molecular flexibility index (Phi) is 4.23. The fourth-order valence-electron chi connectivity index (χ4n) is 2.72. The minimum absolute atomic E-state index is 0.0840. The molecule has 2 aromatic rings. The first-order valence-corrected chi connectivity index (χ1v) is 7.51. The summed E-state index contributed by atoms with van der Waals surface area (Å²) in [6, 6.07) is 8.51. The molecule has 0 saturated heterocycles. The van der Waals surface area contributed by atoms with Gasteiger partial charge >= 0.3 is 0 Å². The summed E-state index contributed by atoms with van der Waals surface area (Å²) in [6.07, 6.45) is 1.58. The highest BCUT2D eigenvalue weighted by Crippen LogP contribution is 2.38. The van der Waals surface area contributed by atoms with Crippen LogP contribution in [0.1, 0.15) is 40.5 Å². The van der Waals surface area contributed by atoms with E-state index in [-0.39, 0.29) is 29.4 Å². The van der Waals surface area contributed by atoms with Gasteiger partial charge in [-0.2, -0.15) is 5.10 Å². The van der Waals surface area contributed by atoms with Crippen LogP contribution in [0.4, 0.5) is 4.39 Å². The van der Waals surface area contributed by atoms with Crippen molar-refractivity contribution in [2.24, 2.45) is 0 Å². The highest BCUT2D eigenvalue weighted by atomic mass is 19.1. The van der Waals surface area contributed by atoms with E-state index in [1.165, 1.54) is 13.2 Å². The average Bonchev–Trinajstić information content (AvgIpc) is 2.51. The Morgan fingerprint density at radius 2 is 2.04 bits per heavy atom. The molecule has 1 aliphatic rings. The topological polar surface area (TPSA) is 64.1 Å². The van der Waals surface area contributed by atoms with Gasteiger partial charge in [-0.3, -0.25) is 4.79 Å². The molecule has 1 fully saturated rings. The maximum Gasteiger partial charge on any atom is 0.272 e. The first-order chi connectivity index (χ1) is 11.1. The first kappa shape index (κ1) is 15.4. The predicted octanol–water partition coefficient (Wildman–Crippen LogP) is 2.61. The molecule has 1 aliphatic carbocycles. The Bertz CT molecular complexity index is 712. The third-order valence-electron chi connectivity index (χ3n) is 4.15. The quantitative estimate of drug-likeness (QED) is 0.942. The number of methoxy groups -OCH3 is 1. The van der Waals surface area contributed by atoms with Crippen LogP contribution in [0.25, 0.3) is 0 Å². The monoisotopic (exact) mass is 315 g/mol. The molecule has 23 heavy (non-hydrogen) atoms. The van der Waals surface area contributed by atoms with Crippen molar-refractivity contribution in [2.75, 3.05) is 7.11 Å². The molecule has 0 bridgehead atoms. The normalized spacial score (nSPS) is 19.8. The number of ether oxygens (including phenoxy) is 1. The largest absolute Gasteiger partial charge is 0.494 e. The summed E-state index contributed by atoms with van der Waals surface area (Å²) < 4.78 is 18.6. The van der Waals surface area contributed by atoms with E-state index >= 15 is 0 Å². The van der Waals surface area contributed by atoms with Crippen molar-refractivity contribution in [2.45, 2.75) is 31.7 Å². The van der Waals surface area contributed by atoms with Crippen LogP contribution in [0.2, 0.25) is 0 Å². The Hall–Kier alpha value is -2.50. The Labute approximate surface area is 133 Å². The number of aryl methyl sites for hydroxylation is 1. The van der Waals surface area contributed by atoms with Gasteiger partial charge in [0.25, 0.3) is 5.91 Å². The van der Waals surface area contributed by atoms with Crippen molar-refractivity contribution in [1.29, 1.82) is 0 Å². The van der Waals surface area contributed by atoms with Gasteiger partial charge in [0.15, 0.2) is 17.3 Å². The van der Waals surface area contributed by atoms with Crippen LogP contribution in [0.3, 0.4) is 0 Å². The molecule has 120 valence electrons. The van der Waals surface area contributed by atoms with Crippen molar-refractivity contribution in [3.63, 3.8) is 0 Å². The maximum atomic E-state index is 13.7.